The number of hydrogen-bond acceptors (Lipinski definition) is 1. The Morgan fingerprint density at radius 2 is 2.00 bits per heavy atom. The van der Waals surface area contributed by atoms with Crippen LogP contribution in [-0.2, 0) is 4.57 Å². The highest BCUT2D eigenvalue weighted by atomic mass is 31.2. The van der Waals surface area contributed by atoms with Crippen molar-refractivity contribution in [1.82, 2.24) is 0 Å². The molecule has 0 amide bonds. The van der Waals surface area contributed by atoms with Gasteiger partial charge in [0.2, 0.25) is 0 Å². The molecule has 0 spiro atoms. The van der Waals surface area contributed by atoms with Gasteiger partial charge in [0.05, 0.1) is 0 Å². The van der Waals surface area contributed by atoms with E-state index in [4.69, 9.17) is 0 Å². The first-order valence-electron chi connectivity index (χ1n) is 5.77. The molecular formula is C13H21OP. The molecule has 0 radical (unpaired) electrons. The number of benzene rings is 1. The monoisotopic (exact) mass is 224 g/mol. The zero-order chi connectivity index (χ0) is 11.3. The zero-order valence-electron chi connectivity index (χ0n) is 9.99. The van der Waals surface area contributed by atoms with Gasteiger partial charge in [-0.25, -0.2) is 0 Å². The Hall–Kier alpha value is -0.550. The smallest absolute Gasteiger partial charge is 0.115 e. The Balaban J connectivity index is 2.95. The highest BCUT2D eigenvalue weighted by molar-refractivity contribution is 7.71. The Morgan fingerprint density at radius 1 is 1.27 bits per heavy atom. The second-order valence-corrected chi connectivity index (χ2v) is 7.50. The molecule has 0 heterocycles. The van der Waals surface area contributed by atoms with Gasteiger partial charge in [0.25, 0.3) is 0 Å². The minimum Gasteiger partial charge on any atom is -0.319 e. The predicted octanol–water partition coefficient (Wildman–Crippen LogP) is 3.80. The first-order valence-corrected chi connectivity index (χ1v) is 7.85. The highest BCUT2D eigenvalue weighted by Gasteiger charge is 2.21. The summed E-state index contributed by atoms with van der Waals surface area (Å²) in [7, 11) is -2.10. The fraction of sp³-hybridized carbons (Fsp3) is 0.538. The van der Waals surface area contributed by atoms with E-state index in [0.29, 0.717) is 0 Å². The van der Waals surface area contributed by atoms with Crippen molar-refractivity contribution in [2.24, 2.45) is 0 Å². The molecule has 1 rings (SSSR count). The summed E-state index contributed by atoms with van der Waals surface area (Å²) in [6.07, 6.45) is 3.84. The van der Waals surface area contributed by atoms with Crippen molar-refractivity contribution in [1.29, 1.82) is 0 Å². The lowest BCUT2D eigenvalue weighted by Gasteiger charge is -2.16. The third-order valence-electron chi connectivity index (χ3n) is 2.86. The quantitative estimate of drug-likeness (QED) is 0.695. The first-order chi connectivity index (χ1) is 7.12. The van der Waals surface area contributed by atoms with Crippen LogP contribution >= 0.6 is 7.14 Å². The van der Waals surface area contributed by atoms with Gasteiger partial charge in [0.1, 0.15) is 7.14 Å². The number of unbranched alkanes of at least 4 members (excludes halogenated alkanes) is 1. The van der Waals surface area contributed by atoms with Crippen LogP contribution in [0, 0.1) is 6.92 Å². The number of hydrogen-bond donors (Lipinski definition) is 0. The van der Waals surface area contributed by atoms with Gasteiger partial charge in [-0.15, -0.1) is 0 Å². The molecular weight excluding hydrogens is 203 g/mol. The van der Waals surface area contributed by atoms with Crippen molar-refractivity contribution in [3.63, 3.8) is 0 Å². The largest absolute Gasteiger partial charge is 0.319 e. The van der Waals surface area contributed by atoms with E-state index < -0.39 is 7.14 Å². The van der Waals surface area contributed by atoms with Crippen LogP contribution in [0.5, 0.6) is 0 Å². The lowest BCUT2D eigenvalue weighted by atomic mass is 10.2. The maximum Gasteiger partial charge on any atom is 0.115 e. The fourth-order valence-electron chi connectivity index (χ4n) is 1.76. The van der Waals surface area contributed by atoms with Gasteiger partial charge in [0, 0.05) is 17.6 Å². The summed E-state index contributed by atoms with van der Waals surface area (Å²) in [6, 6.07) is 8.18. The molecule has 2 heteroatoms. The van der Waals surface area contributed by atoms with Crippen LogP contribution in [0.15, 0.2) is 24.3 Å². The summed E-state index contributed by atoms with van der Waals surface area (Å²) in [5.41, 5.74) is 1.21. The van der Waals surface area contributed by atoms with E-state index in [1.54, 1.807) is 0 Å². The Kier molecular flexibility index (Phi) is 4.60. The molecule has 0 aliphatic rings. The van der Waals surface area contributed by atoms with Gasteiger partial charge >= 0.3 is 0 Å². The lowest BCUT2D eigenvalue weighted by molar-refractivity contribution is 0.579. The number of rotatable bonds is 5. The summed E-state index contributed by atoms with van der Waals surface area (Å²) in [6.45, 7) is 6.25. The van der Waals surface area contributed by atoms with Gasteiger partial charge in [-0.2, -0.15) is 0 Å². The molecule has 0 aliphatic carbocycles. The van der Waals surface area contributed by atoms with E-state index in [9.17, 15) is 4.57 Å². The Labute approximate surface area is 93.3 Å². The molecule has 0 aliphatic heterocycles. The molecule has 1 unspecified atom stereocenters. The predicted molar refractivity (Wildman–Crippen MR) is 68.7 cm³/mol. The average Bonchev–Trinajstić information content (AvgIpc) is 2.26. The van der Waals surface area contributed by atoms with Crippen molar-refractivity contribution in [2.75, 3.05) is 12.3 Å². The third-order valence-corrected chi connectivity index (χ3v) is 6.14. The van der Waals surface area contributed by atoms with Gasteiger partial charge in [0.15, 0.2) is 0 Å². The van der Waals surface area contributed by atoms with Crippen LogP contribution in [0.2, 0.25) is 0 Å². The second-order valence-electron chi connectivity index (χ2n) is 4.12. The molecule has 0 saturated carbocycles. The summed E-state index contributed by atoms with van der Waals surface area (Å²) < 4.78 is 12.7. The summed E-state index contributed by atoms with van der Waals surface area (Å²) in [5.74, 6) is 0. The third kappa shape index (κ3) is 3.21. The second kappa shape index (κ2) is 5.51. The minimum absolute atomic E-state index is 0.788. The van der Waals surface area contributed by atoms with Crippen LogP contribution in [-0.4, -0.2) is 12.3 Å². The highest BCUT2D eigenvalue weighted by Crippen LogP contribution is 2.44. The number of aryl methyl sites for hydroxylation is 1. The average molecular weight is 224 g/mol. The topological polar surface area (TPSA) is 17.1 Å². The van der Waals surface area contributed by atoms with E-state index in [0.717, 1.165) is 30.5 Å². The van der Waals surface area contributed by atoms with Crippen LogP contribution in [0.3, 0.4) is 0 Å². The van der Waals surface area contributed by atoms with E-state index in [1.807, 2.05) is 19.1 Å². The summed E-state index contributed by atoms with van der Waals surface area (Å²) >= 11 is 0. The maximum absolute atomic E-state index is 12.7. The molecule has 1 aromatic rings. The molecule has 0 aromatic heterocycles. The zero-order valence-corrected chi connectivity index (χ0v) is 10.9. The van der Waals surface area contributed by atoms with Crippen molar-refractivity contribution in [3.8, 4) is 0 Å². The molecule has 84 valence electrons. The Morgan fingerprint density at radius 3 is 2.53 bits per heavy atom. The van der Waals surface area contributed by atoms with Gasteiger partial charge in [-0.1, -0.05) is 44.0 Å². The van der Waals surface area contributed by atoms with E-state index in [-0.39, 0.29) is 0 Å². The first kappa shape index (κ1) is 12.5. The van der Waals surface area contributed by atoms with E-state index in [1.165, 1.54) is 5.56 Å². The summed E-state index contributed by atoms with van der Waals surface area (Å²) in [5, 5.41) is 1.07. The fourth-order valence-corrected chi connectivity index (χ4v) is 4.33. The lowest BCUT2D eigenvalue weighted by Crippen LogP contribution is -2.10. The van der Waals surface area contributed by atoms with E-state index >= 15 is 0 Å². The molecule has 1 aromatic carbocycles. The van der Waals surface area contributed by atoms with Gasteiger partial charge < -0.3 is 4.57 Å². The molecule has 0 bridgehead atoms. The van der Waals surface area contributed by atoms with Crippen molar-refractivity contribution < 1.29 is 4.57 Å². The van der Waals surface area contributed by atoms with Crippen LogP contribution in [0.4, 0.5) is 0 Å². The van der Waals surface area contributed by atoms with E-state index in [2.05, 4.69) is 26.0 Å². The van der Waals surface area contributed by atoms with Gasteiger partial charge in [-0.05, 0) is 19.4 Å². The van der Waals surface area contributed by atoms with Crippen LogP contribution < -0.4 is 5.30 Å². The summed E-state index contributed by atoms with van der Waals surface area (Å²) in [4.78, 5) is 0. The molecule has 15 heavy (non-hydrogen) atoms. The van der Waals surface area contributed by atoms with Crippen LogP contribution in [0.25, 0.3) is 0 Å². The normalized spacial score (nSPS) is 14.9. The SMILES string of the molecule is CCCCP(=O)(CC)c1cccc(C)c1. The molecule has 1 atom stereocenters. The molecule has 0 fully saturated rings. The van der Waals surface area contributed by atoms with Crippen LogP contribution in [0.1, 0.15) is 32.3 Å². The molecule has 0 saturated heterocycles. The Bertz CT molecular complexity index is 357. The standard InChI is InChI=1S/C13H21OP/c1-4-6-10-15(14,5-2)13-9-7-8-12(3)11-13/h7-9,11H,4-6,10H2,1-3H3. The van der Waals surface area contributed by atoms with Crippen molar-refractivity contribution >= 4 is 12.4 Å². The molecule has 0 N–H and O–H groups in total. The van der Waals surface area contributed by atoms with Crippen molar-refractivity contribution in [3.05, 3.63) is 29.8 Å². The van der Waals surface area contributed by atoms with Gasteiger partial charge in [-0.3, -0.25) is 0 Å². The van der Waals surface area contributed by atoms with Crippen molar-refractivity contribution in [2.45, 2.75) is 33.6 Å². The molecule has 1 nitrogen and oxygen atoms in total. The minimum atomic E-state index is -2.10. The maximum atomic E-state index is 12.7.